The van der Waals surface area contributed by atoms with E-state index >= 15 is 0 Å². The minimum absolute atomic E-state index is 0.00924. The van der Waals surface area contributed by atoms with Crippen LogP contribution in [0.15, 0.2) is 78.4 Å². The Bertz CT molecular complexity index is 1170. The first-order chi connectivity index (χ1) is 17.9. The molecular formula is C31H33F2NO3. The van der Waals surface area contributed by atoms with E-state index in [4.69, 9.17) is 9.47 Å². The van der Waals surface area contributed by atoms with Crippen molar-refractivity contribution in [3.63, 3.8) is 0 Å². The van der Waals surface area contributed by atoms with Crippen LogP contribution in [-0.4, -0.2) is 44.0 Å². The van der Waals surface area contributed by atoms with Gasteiger partial charge in [0.15, 0.2) is 17.3 Å². The van der Waals surface area contributed by atoms with E-state index in [2.05, 4.69) is 11.0 Å². The minimum Gasteiger partial charge on any atom is -0.493 e. The average Bonchev–Trinajstić information content (AvgIpc) is 2.91. The Hall–Kier alpha value is -3.51. The second-order valence-corrected chi connectivity index (χ2v) is 9.37. The van der Waals surface area contributed by atoms with E-state index in [9.17, 15) is 13.6 Å². The van der Waals surface area contributed by atoms with Gasteiger partial charge in [-0.3, -0.25) is 4.79 Å². The number of carbonyl (C=O) groups excluding carboxylic acids is 1. The van der Waals surface area contributed by atoms with Gasteiger partial charge in [0.25, 0.3) is 0 Å². The topological polar surface area (TPSA) is 38.8 Å². The van der Waals surface area contributed by atoms with Crippen LogP contribution in [-0.2, 0) is 0 Å². The van der Waals surface area contributed by atoms with Gasteiger partial charge >= 0.3 is 0 Å². The normalized spacial score (nSPS) is 14.0. The first-order valence-corrected chi connectivity index (χ1v) is 12.7. The number of Topliss-reactive ketones (excluding diaryl/α,β-unsaturated/α-hetero) is 1. The van der Waals surface area contributed by atoms with Crippen LogP contribution < -0.4 is 9.47 Å². The van der Waals surface area contributed by atoms with E-state index in [0.717, 1.165) is 50.0 Å². The first-order valence-electron chi connectivity index (χ1n) is 12.7. The lowest BCUT2D eigenvalue weighted by molar-refractivity contribution is 0.101. The minimum atomic E-state index is -0.266. The largest absolute Gasteiger partial charge is 0.493 e. The number of hydrogen-bond donors (Lipinski definition) is 0. The van der Waals surface area contributed by atoms with Crippen molar-refractivity contribution < 1.29 is 23.0 Å². The van der Waals surface area contributed by atoms with Crippen molar-refractivity contribution in [2.24, 2.45) is 0 Å². The van der Waals surface area contributed by atoms with Gasteiger partial charge in [0.1, 0.15) is 11.6 Å². The molecule has 194 valence electrons. The number of carbonyl (C=O) groups is 1. The van der Waals surface area contributed by atoms with Crippen LogP contribution in [0, 0.1) is 11.6 Å². The molecule has 0 amide bonds. The molecule has 0 aromatic heterocycles. The van der Waals surface area contributed by atoms with E-state index in [0.29, 0.717) is 23.7 Å². The molecule has 4 rings (SSSR count). The molecule has 3 aromatic rings. The zero-order valence-electron chi connectivity index (χ0n) is 21.4. The van der Waals surface area contributed by atoms with Crippen molar-refractivity contribution in [3.8, 4) is 11.5 Å². The molecule has 37 heavy (non-hydrogen) atoms. The number of ether oxygens (including phenoxy) is 2. The van der Waals surface area contributed by atoms with Crippen molar-refractivity contribution in [1.29, 1.82) is 0 Å². The predicted octanol–water partition coefficient (Wildman–Crippen LogP) is 6.80. The molecule has 0 unspecified atom stereocenters. The summed E-state index contributed by atoms with van der Waals surface area (Å²) in [5.41, 5.74) is 3.95. The number of nitrogens with zero attached hydrogens (tertiary/aromatic N) is 1. The highest BCUT2D eigenvalue weighted by Gasteiger charge is 2.18. The SMILES string of the molecule is COc1cc(C(C)=O)ccc1OCCCN1CCC(=CC(c2ccc(F)cc2)c2ccc(F)cc2)CC1. The standard InChI is InChI=1S/C31H33F2NO3/c1-22(35)26-8-13-30(31(21-26)36-2)37-19-3-16-34-17-14-23(15-18-34)20-29(24-4-9-27(32)10-5-24)25-6-11-28(33)12-7-25/h4-13,20-21,29H,3,14-19H2,1-2H3. The summed E-state index contributed by atoms with van der Waals surface area (Å²) >= 11 is 0. The lowest BCUT2D eigenvalue weighted by Gasteiger charge is -2.29. The summed E-state index contributed by atoms with van der Waals surface area (Å²) in [6.07, 6.45) is 5.06. The molecule has 1 fully saturated rings. The highest BCUT2D eigenvalue weighted by atomic mass is 19.1. The van der Waals surface area contributed by atoms with E-state index in [1.165, 1.54) is 36.8 Å². The summed E-state index contributed by atoms with van der Waals surface area (Å²) in [6.45, 7) is 4.94. The summed E-state index contributed by atoms with van der Waals surface area (Å²) in [6, 6.07) is 18.4. The zero-order chi connectivity index (χ0) is 26.2. The molecule has 6 heteroatoms. The summed E-state index contributed by atoms with van der Waals surface area (Å²) in [5.74, 6) is 0.628. The molecule has 1 heterocycles. The Morgan fingerprint density at radius 1 is 0.919 bits per heavy atom. The van der Waals surface area contributed by atoms with Crippen LogP contribution in [0.1, 0.15) is 53.6 Å². The maximum absolute atomic E-state index is 13.5. The molecule has 0 bridgehead atoms. The van der Waals surface area contributed by atoms with E-state index < -0.39 is 0 Å². The summed E-state index contributed by atoms with van der Waals surface area (Å²) in [4.78, 5) is 14.0. The van der Waals surface area contributed by atoms with Gasteiger partial charge in [0.05, 0.1) is 13.7 Å². The molecule has 0 spiro atoms. The van der Waals surface area contributed by atoms with Crippen LogP contribution in [0.25, 0.3) is 0 Å². The van der Waals surface area contributed by atoms with E-state index in [1.54, 1.807) is 49.6 Å². The third-order valence-electron chi connectivity index (χ3n) is 6.81. The molecule has 0 N–H and O–H groups in total. The fourth-order valence-electron chi connectivity index (χ4n) is 4.67. The molecule has 4 nitrogen and oxygen atoms in total. The monoisotopic (exact) mass is 505 g/mol. The highest BCUT2D eigenvalue weighted by molar-refractivity contribution is 5.94. The van der Waals surface area contributed by atoms with Crippen molar-refractivity contribution in [2.45, 2.75) is 32.1 Å². The number of piperidine rings is 1. The lowest BCUT2D eigenvalue weighted by Crippen LogP contribution is -2.32. The van der Waals surface area contributed by atoms with Gasteiger partial charge in [-0.2, -0.15) is 0 Å². The Morgan fingerprint density at radius 3 is 2.05 bits per heavy atom. The van der Waals surface area contributed by atoms with Gasteiger partial charge in [0.2, 0.25) is 0 Å². The van der Waals surface area contributed by atoms with Crippen molar-refractivity contribution in [3.05, 3.63) is 107 Å². The summed E-state index contributed by atoms with van der Waals surface area (Å²) < 4.78 is 38.3. The first kappa shape index (κ1) is 26.6. The molecular weight excluding hydrogens is 472 g/mol. The smallest absolute Gasteiger partial charge is 0.161 e. The van der Waals surface area contributed by atoms with Gasteiger partial charge < -0.3 is 14.4 Å². The number of allylic oxidation sites excluding steroid dienone is 1. The fourth-order valence-corrected chi connectivity index (χ4v) is 4.67. The molecule has 1 aliphatic heterocycles. The fraction of sp³-hybridized carbons (Fsp3) is 0.323. The number of rotatable bonds is 10. The lowest BCUT2D eigenvalue weighted by atomic mass is 9.87. The maximum Gasteiger partial charge on any atom is 0.161 e. The summed E-state index contributed by atoms with van der Waals surface area (Å²) in [5, 5.41) is 0. The molecule has 0 saturated carbocycles. The third-order valence-corrected chi connectivity index (χ3v) is 6.81. The second kappa shape index (κ2) is 12.6. The molecule has 0 radical (unpaired) electrons. The summed E-state index contributed by atoms with van der Waals surface area (Å²) in [7, 11) is 1.57. The molecule has 1 saturated heterocycles. The second-order valence-electron chi connectivity index (χ2n) is 9.37. The molecule has 0 atom stereocenters. The predicted molar refractivity (Wildman–Crippen MR) is 142 cm³/mol. The number of methoxy groups -OCH3 is 1. The number of hydrogen-bond acceptors (Lipinski definition) is 4. The van der Waals surface area contributed by atoms with E-state index in [1.807, 2.05) is 0 Å². The van der Waals surface area contributed by atoms with Gasteiger partial charge in [-0.25, -0.2) is 8.78 Å². The average molecular weight is 506 g/mol. The number of likely N-dealkylation sites (tertiary alicyclic amines) is 1. The van der Waals surface area contributed by atoms with Crippen LogP contribution in [0.2, 0.25) is 0 Å². The Labute approximate surface area is 217 Å². The Morgan fingerprint density at radius 2 is 1.51 bits per heavy atom. The van der Waals surface area contributed by atoms with Crippen LogP contribution >= 0.6 is 0 Å². The van der Waals surface area contributed by atoms with Crippen LogP contribution in [0.5, 0.6) is 11.5 Å². The van der Waals surface area contributed by atoms with Gasteiger partial charge in [0, 0.05) is 31.1 Å². The highest BCUT2D eigenvalue weighted by Crippen LogP contribution is 2.31. The Kier molecular flexibility index (Phi) is 9.07. The number of ketones is 1. The number of halogens is 2. The molecule has 0 aliphatic carbocycles. The van der Waals surface area contributed by atoms with Crippen molar-refractivity contribution in [2.75, 3.05) is 33.4 Å². The van der Waals surface area contributed by atoms with Gasteiger partial charge in [-0.1, -0.05) is 35.9 Å². The Balaban J connectivity index is 1.31. The number of benzene rings is 3. The van der Waals surface area contributed by atoms with Crippen LogP contribution in [0.4, 0.5) is 8.78 Å². The third kappa shape index (κ3) is 7.26. The van der Waals surface area contributed by atoms with Crippen molar-refractivity contribution >= 4 is 5.78 Å². The van der Waals surface area contributed by atoms with Gasteiger partial charge in [-0.15, -0.1) is 0 Å². The quantitative estimate of drug-likeness (QED) is 0.173. The van der Waals surface area contributed by atoms with Crippen molar-refractivity contribution in [1.82, 2.24) is 4.90 Å². The zero-order valence-corrected chi connectivity index (χ0v) is 21.4. The van der Waals surface area contributed by atoms with Crippen LogP contribution in [0.3, 0.4) is 0 Å². The van der Waals surface area contributed by atoms with E-state index in [-0.39, 0.29) is 23.3 Å². The van der Waals surface area contributed by atoms with Gasteiger partial charge in [-0.05, 0) is 79.8 Å². The molecule has 3 aromatic carbocycles. The molecule has 1 aliphatic rings. The maximum atomic E-state index is 13.5.